The summed E-state index contributed by atoms with van der Waals surface area (Å²) >= 11 is 0. The van der Waals surface area contributed by atoms with Gasteiger partial charge < -0.3 is 0 Å². The fourth-order valence-electron chi connectivity index (χ4n) is 2.76. The molecule has 0 saturated carbocycles. The van der Waals surface area contributed by atoms with Crippen molar-refractivity contribution in [3.8, 4) is 0 Å². The Bertz CT molecular complexity index is 305. The van der Waals surface area contributed by atoms with Crippen LogP contribution in [0.2, 0.25) is 0 Å². The minimum atomic E-state index is 0.738. The smallest absolute Gasteiger partial charge is 0.0524 e. The molecule has 0 aliphatic carbocycles. The van der Waals surface area contributed by atoms with E-state index in [1.807, 2.05) is 11.7 Å². The predicted octanol–water partition coefficient (Wildman–Crippen LogP) is 5.44. The van der Waals surface area contributed by atoms with Crippen LogP contribution in [0.3, 0.4) is 0 Å². The highest BCUT2D eigenvalue weighted by molar-refractivity contribution is 5.10. The van der Waals surface area contributed by atoms with Crippen molar-refractivity contribution in [3.63, 3.8) is 0 Å². The van der Waals surface area contributed by atoms with Crippen LogP contribution in [0.4, 0.5) is 0 Å². The van der Waals surface area contributed by atoms with E-state index in [-0.39, 0.29) is 0 Å². The van der Waals surface area contributed by atoms with Crippen LogP contribution < -0.4 is 0 Å². The molecule has 0 fully saturated rings. The SMILES string of the molecule is CCCCCCC(CCCCCC)c1cnn(C)c1. The lowest BCUT2D eigenvalue weighted by Crippen LogP contribution is -1.99. The van der Waals surface area contributed by atoms with E-state index in [9.17, 15) is 0 Å². The maximum Gasteiger partial charge on any atom is 0.0524 e. The molecule has 2 heteroatoms. The van der Waals surface area contributed by atoms with Gasteiger partial charge in [-0.2, -0.15) is 5.10 Å². The highest BCUT2D eigenvalue weighted by Gasteiger charge is 2.12. The van der Waals surface area contributed by atoms with Gasteiger partial charge in [0.2, 0.25) is 0 Å². The zero-order chi connectivity index (χ0) is 13.9. The Morgan fingerprint density at radius 1 is 0.947 bits per heavy atom. The van der Waals surface area contributed by atoms with Gasteiger partial charge in [-0.05, 0) is 24.3 Å². The fraction of sp³-hybridized carbons (Fsp3) is 0.824. The van der Waals surface area contributed by atoms with Gasteiger partial charge in [0.15, 0.2) is 0 Å². The molecule has 0 aromatic carbocycles. The molecule has 19 heavy (non-hydrogen) atoms. The summed E-state index contributed by atoms with van der Waals surface area (Å²) in [5, 5.41) is 4.34. The van der Waals surface area contributed by atoms with Crippen molar-refractivity contribution in [2.75, 3.05) is 0 Å². The molecule has 0 bridgehead atoms. The summed E-state index contributed by atoms with van der Waals surface area (Å²) in [5.74, 6) is 0.738. The van der Waals surface area contributed by atoms with Crippen LogP contribution in [-0.2, 0) is 7.05 Å². The van der Waals surface area contributed by atoms with Gasteiger partial charge in [-0.15, -0.1) is 0 Å². The average molecular weight is 264 g/mol. The van der Waals surface area contributed by atoms with Crippen LogP contribution in [0.25, 0.3) is 0 Å². The largest absolute Gasteiger partial charge is 0.276 e. The third-order valence-corrected chi connectivity index (χ3v) is 4.01. The zero-order valence-corrected chi connectivity index (χ0v) is 13.2. The Morgan fingerprint density at radius 3 is 1.95 bits per heavy atom. The van der Waals surface area contributed by atoms with Crippen LogP contribution in [-0.4, -0.2) is 9.78 Å². The average Bonchev–Trinajstić information content (AvgIpc) is 2.83. The second kappa shape index (κ2) is 10.1. The second-order valence-corrected chi connectivity index (χ2v) is 5.84. The number of hydrogen-bond donors (Lipinski definition) is 0. The van der Waals surface area contributed by atoms with Gasteiger partial charge in [-0.1, -0.05) is 65.2 Å². The van der Waals surface area contributed by atoms with Crippen molar-refractivity contribution < 1.29 is 0 Å². The van der Waals surface area contributed by atoms with Gasteiger partial charge in [-0.25, -0.2) is 0 Å². The normalized spacial score (nSPS) is 11.4. The van der Waals surface area contributed by atoms with E-state index in [0.29, 0.717) is 0 Å². The van der Waals surface area contributed by atoms with Gasteiger partial charge in [0, 0.05) is 13.2 Å². The maximum absolute atomic E-state index is 4.34. The van der Waals surface area contributed by atoms with E-state index in [1.165, 1.54) is 69.8 Å². The number of aryl methyl sites for hydroxylation is 1. The molecule has 0 atom stereocenters. The fourth-order valence-corrected chi connectivity index (χ4v) is 2.76. The van der Waals surface area contributed by atoms with E-state index in [0.717, 1.165) is 5.92 Å². The Morgan fingerprint density at radius 2 is 1.53 bits per heavy atom. The summed E-state index contributed by atoms with van der Waals surface area (Å²) in [5.41, 5.74) is 1.45. The minimum Gasteiger partial charge on any atom is -0.276 e. The molecule has 110 valence electrons. The van der Waals surface area contributed by atoms with Crippen LogP contribution >= 0.6 is 0 Å². The molecule has 0 aliphatic heterocycles. The maximum atomic E-state index is 4.34. The van der Waals surface area contributed by atoms with Crippen LogP contribution in [0.15, 0.2) is 12.4 Å². The lowest BCUT2D eigenvalue weighted by molar-refractivity contribution is 0.496. The lowest BCUT2D eigenvalue weighted by Gasteiger charge is -2.15. The number of rotatable bonds is 11. The molecule has 1 aromatic heterocycles. The Labute approximate surface area is 119 Å². The first kappa shape index (κ1) is 16.3. The zero-order valence-electron chi connectivity index (χ0n) is 13.2. The summed E-state index contributed by atoms with van der Waals surface area (Å²) in [4.78, 5) is 0. The van der Waals surface area contributed by atoms with Gasteiger partial charge >= 0.3 is 0 Å². The van der Waals surface area contributed by atoms with Crippen LogP contribution in [0, 0.1) is 0 Å². The summed E-state index contributed by atoms with van der Waals surface area (Å²) in [6.07, 6.45) is 17.9. The Balaban J connectivity index is 2.38. The van der Waals surface area contributed by atoms with E-state index < -0.39 is 0 Å². The Kier molecular flexibility index (Phi) is 8.61. The number of aromatic nitrogens is 2. The molecule has 1 heterocycles. The summed E-state index contributed by atoms with van der Waals surface area (Å²) in [7, 11) is 2.02. The van der Waals surface area contributed by atoms with E-state index >= 15 is 0 Å². The van der Waals surface area contributed by atoms with Crippen molar-refractivity contribution in [1.29, 1.82) is 0 Å². The summed E-state index contributed by atoms with van der Waals surface area (Å²) in [6, 6.07) is 0. The first-order chi connectivity index (χ1) is 9.27. The third-order valence-electron chi connectivity index (χ3n) is 4.01. The number of nitrogens with zero attached hydrogens (tertiary/aromatic N) is 2. The molecule has 1 rings (SSSR count). The van der Waals surface area contributed by atoms with E-state index in [2.05, 4.69) is 31.3 Å². The molecule has 0 amide bonds. The molecule has 0 N–H and O–H groups in total. The highest BCUT2D eigenvalue weighted by Crippen LogP contribution is 2.28. The molecular formula is C17H32N2. The molecule has 0 unspecified atom stereocenters. The summed E-state index contributed by atoms with van der Waals surface area (Å²) < 4.78 is 1.94. The Hall–Kier alpha value is -0.790. The molecule has 0 aliphatic rings. The van der Waals surface area contributed by atoms with Gasteiger partial charge in [0.05, 0.1) is 6.20 Å². The van der Waals surface area contributed by atoms with Crippen molar-refractivity contribution in [3.05, 3.63) is 18.0 Å². The third kappa shape index (κ3) is 6.79. The van der Waals surface area contributed by atoms with Crippen molar-refractivity contribution in [2.45, 2.75) is 84.0 Å². The van der Waals surface area contributed by atoms with E-state index in [1.54, 1.807) is 0 Å². The monoisotopic (exact) mass is 264 g/mol. The lowest BCUT2D eigenvalue weighted by atomic mass is 9.90. The minimum absolute atomic E-state index is 0.738. The number of unbranched alkanes of at least 4 members (excludes halogenated alkanes) is 6. The molecule has 0 saturated heterocycles. The number of hydrogen-bond acceptors (Lipinski definition) is 1. The first-order valence-corrected chi connectivity index (χ1v) is 8.26. The van der Waals surface area contributed by atoms with Gasteiger partial charge in [0.1, 0.15) is 0 Å². The molecule has 1 aromatic rings. The summed E-state index contributed by atoms with van der Waals surface area (Å²) in [6.45, 7) is 4.56. The van der Waals surface area contributed by atoms with Crippen LogP contribution in [0.1, 0.15) is 89.5 Å². The van der Waals surface area contributed by atoms with Crippen molar-refractivity contribution >= 4 is 0 Å². The molecule has 0 radical (unpaired) electrons. The standard InChI is InChI=1S/C17H32N2/c1-4-6-8-10-12-16(13-11-9-7-5-2)17-14-18-19(3)15-17/h14-16H,4-13H2,1-3H3. The molecule has 2 nitrogen and oxygen atoms in total. The van der Waals surface area contributed by atoms with Gasteiger partial charge in [-0.3, -0.25) is 4.68 Å². The van der Waals surface area contributed by atoms with Gasteiger partial charge in [0.25, 0.3) is 0 Å². The predicted molar refractivity (Wildman–Crippen MR) is 83.5 cm³/mol. The first-order valence-electron chi connectivity index (χ1n) is 8.26. The van der Waals surface area contributed by atoms with Crippen molar-refractivity contribution in [2.24, 2.45) is 7.05 Å². The second-order valence-electron chi connectivity index (χ2n) is 5.84. The quantitative estimate of drug-likeness (QED) is 0.486. The van der Waals surface area contributed by atoms with Crippen LogP contribution in [0.5, 0.6) is 0 Å². The molecular weight excluding hydrogens is 232 g/mol. The van der Waals surface area contributed by atoms with Crippen molar-refractivity contribution in [1.82, 2.24) is 9.78 Å². The molecule has 0 spiro atoms. The van der Waals surface area contributed by atoms with E-state index in [4.69, 9.17) is 0 Å². The topological polar surface area (TPSA) is 17.8 Å². The highest BCUT2D eigenvalue weighted by atomic mass is 15.2.